The van der Waals surface area contributed by atoms with Crippen molar-refractivity contribution in [2.24, 2.45) is 5.73 Å². The van der Waals surface area contributed by atoms with Crippen LogP contribution >= 0.6 is 0 Å². The van der Waals surface area contributed by atoms with Crippen molar-refractivity contribution in [3.63, 3.8) is 0 Å². The second kappa shape index (κ2) is 47.4. The zero-order valence-electron chi connectivity index (χ0n) is 39.6. The minimum Gasteiger partial charge on any atom is -0.480 e. The van der Waals surface area contributed by atoms with Crippen molar-refractivity contribution in [1.82, 2.24) is 5.32 Å². The lowest BCUT2D eigenvalue weighted by Crippen LogP contribution is -2.40. The molecule has 2 atom stereocenters. The van der Waals surface area contributed by atoms with Crippen LogP contribution in [-0.4, -0.2) is 41.6 Å². The minimum absolute atomic E-state index is 0.0108. The van der Waals surface area contributed by atoms with E-state index in [0.717, 1.165) is 64.2 Å². The van der Waals surface area contributed by atoms with Gasteiger partial charge in [-0.2, -0.15) is 0 Å². The highest BCUT2D eigenvalue weighted by molar-refractivity contribution is 5.83. The Bertz CT molecular complexity index is 898. The van der Waals surface area contributed by atoms with Crippen LogP contribution in [0.1, 0.15) is 296 Å². The van der Waals surface area contributed by atoms with Gasteiger partial charge in [0.05, 0.1) is 0 Å². The van der Waals surface area contributed by atoms with Gasteiger partial charge in [-0.25, -0.2) is 4.79 Å². The van der Waals surface area contributed by atoms with Gasteiger partial charge in [0.15, 0.2) is 0 Å². The highest BCUT2D eigenvalue weighted by atomic mass is 16.5. The number of aliphatic carboxylic acids is 1. The van der Waals surface area contributed by atoms with Crippen molar-refractivity contribution in [3.05, 3.63) is 0 Å². The highest BCUT2D eigenvalue weighted by Crippen LogP contribution is 2.20. The number of rotatable bonds is 49. The Morgan fingerprint density at radius 1 is 0.424 bits per heavy atom. The quantitative estimate of drug-likeness (QED) is 0.0415. The first-order valence-electron chi connectivity index (χ1n) is 26.4. The number of amides is 1. The third-order valence-corrected chi connectivity index (χ3v) is 12.4. The van der Waals surface area contributed by atoms with Gasteiger partial charge in [-0.3, -0.25) is 9.59 Å². The zero-order chi connectivity index (χ0) is 43.1. The Labute approximate surface area is 367 Å². The monoisotopic (exact) mass is 835 g/mol. The zero-order valence-corrected chi connectivity index (χ0v) is 39.6. The summed E-state index contributed by atoms with van der Waals surface area (Å²) >= 11 is 0. The van der Waals surface area contributed by atoms with Crippen LogP contribution in [-0.2, 0) is 19.1 Å². The second-order valence-electron chi connectivity index (χ2n) is 18.3. The molecule has 0 bridgehead atoms. The molecule has 7 nitrogen and oxygen atoms in total. The molecule has 0 fully saturated rings. The fraction of sp³-hybridized carbons (Fsp3) is 0.942. The van der Waals surface area contributed by atoms with Gasteiger partial charge in [-0.15, -0.1) is 0 Å². The molecule has 0 aromatic heterocycles. The highest BCUT2D eigenvalue weighted by Gasteiger charge is 2.19. The van der Waals surface area contributed by atoms with Crippen molar-refractivity contribution in [3.8, 4) is 0 Å². The third-order valence-electron chi connectivity index (χ3n) is 12.4. The van der Waals surface area contributed by atoms with Crippen LogP contribution in [0.15, 0.2) is 0 Å². The van der Waals surface area contributed by atoms with Crippen LogP contribution in [0.3, 0.4) is 0 Å². The van der Waals surface area contributed by atoms with E-state index in [0.29, 0.717) is 32.2 Å². The molecule has 0 aliphatic rings. The van der Waals surface area contributed by atoms with E-state index in [1.165, 1.54) is 193 Å². The van der Waals surface area contributed by atoms with E-state index in [4.69, 9.17) is 10.5 Å². The number of nitrogens with two attached hydrogens (primary N) is 1. The predicted octanol–water partition coefficient (Wildman–Crippen LogP) is 15.6. The SMILES string of the molecule is CCCCCCCCCCCCCCCCCCCCCCCCC(=O)OC(CCCCCCCCCCCCC)CCCCCCCC(=O)NC(CCCN)C(=O)O. The second-order valence-corrected chi connectivity index (χ2v) is 18.3. The van der Waals surface area contributed by atoms with Gasteiger partial charge < -0.3 is 20.9 Å². The number of carbonyl (C=O) groups excluding carboxylic acids is 2. The largest absolute Gasteiger partial charge is 0.480 e. The number of carboxylic acid groups (broad SMARTS) is 1. The van der Waals surface area contributed by atoms with Crippen LogP contribution in [0, 0.1) is 0 Å². The lowest BCUT2D eigenvalue weighted by molar-refractivity contribution is -0.150. The van der Waals surface area contributed by atoms with Crippen LogP contribution in [0.2, 0.25) is 0 Å². The summed E-state index contributed by atoms with van der Waals surface area (Å²) in [5, 5.41) is 12.0. The summed E-state index contributed by atoms with van der Waals surface area (Å²) in [5.41, 5.74) is 5.50. The number of hydrogen-bond donors (Lipinski definition) is 3. The first-order valence-corrected chi connectivity index (χ1v) is 26.4. The Hall–Kier alpha value is -1.63. The van der Waals surface area contributed by atoms with E-state index >= 15 is 0 Å². The molecule has 0 rings (SSSR count). The number of carbonyl (C=O) groups is 3. The molecule has 0 aliphatic carbocycles. The van der Waals surface area contributed by atoms with E-state index in [2.05, 4.69) is 19.2 Å². The van der Waals surface area contributed by atoms with Crippen molar-refractivity contribution in [1.29, 1.82) is 0 Å². The van der Waals surface area contributed by atoms with Gasteiger partial charge in [0.1, 0.15) is 12.1 Å². The smallest absolute Gasteiger partial charge is 0.326 e. The molecule has 0 aromatic carbocycles. The van der Waals surface area contributed by atoms with Crippen molar-refractivity contribution >= 4 is 17.8 Å². The average Bonchev–Trinajstić information content (AvgIpc) is 3.22. The maximum absolute atomic E-state index is 12.9. The fourth-order valence-electron chi connectivity index (χ4n) is 8.46. The molecular weight excluding hydrogens is 733 g/mol. The summed E-state index contributed by atoms with van der Waals surface area (Å²) in [4.78, 5) is 36.5. The summed E-state index contributed by atoms with van der Waals surface area (Å²) < 4.78 is 6.08. The minimum atomic E-state index is -0.999. The maximum atomic E-state index is 12.9. The molecule has 350 valence electrons. The molecule has 0 radical (unpaired) electrons. The summed E-state index contributed by atoms with van der Waals surface area (Å²) in [6.07, 6.45) is 53.2. The van der Waals surface area contributed by atoms with E-state index in [-0.39, 0.29) is 18.0 Å². The summed E-state index contributed by atoms with van der Waals surface area (Å²) in [6, 6.07) is -0.852. The predicted molar refractivity (Wildman–Crippen MR) is 253 cm³/mol. The number of hydrogen-bond acceptors (Lipinski definition) is 5. The van der Waals surface area contributed by atoms with Crippen LogP contribution < -0.4 is 11.1 Å². The number of ether oxygens (including phenoxy) is 1. The molecule has 0 aliphatic heterocycles. The number of nitrogens with one attached hydrogen (secondary N) is 1. The number of carboxylic acids is 1. The first-order chi connectivity index (χ1) is 28.9. The van der Waals surface area contributed by atoms with Gasteiger partial charge in [-0.05, 0) is 57.9 Å². The van der Waals surface area contributed by atoms with E-state index < -0.39 is 12.0 Å². The molecule has 0 aromatic rings. The molecule has 0 spiro atoms. The molecule has 2 unspecified atom stereocenters. The van der Waals surface area contributed by atoms with Gasteiger partial charge in [-0.1, -0.05) is 232 Å². The molecule has 7 heteroatoms. The lowest BCUT2D eigenvalue weighted by Gasteiger charge is -2.18. The van der Waals surface area contributed by atoms with Gasteiger partial charge in [0.2, 0.25) is 5.91 Å². The lowest BCUT2D eigenvalue weighted by atomic mass is 10.0. The van der Waals surface area contributed by atoms with Gasteiger partial charge >= 0.3 is 11.9 Å². The molecule has 4 N–H and O–H groups in total. The van der Waals surface area contributed by atoms with Crippen LogP contribution in [0.25, 0.3) is 0 Å². The summed E-state index contributed by atoms with van der Waals surface area (Å²) in [5.74, 6) is -1.21. The van der Waals surface area contributed by atoms with E-state index in [1.54, 1.807) is 0 Å². The third kappa shape index (κ3) is 44.2. The molecular formula is C52H102N2O5. The molecule has 0 saturated heterocycles. The topological polar surface area (TPSA) is 119 Å². The Balaban J connectivity index is 4.10. The summed E-state index contributed by atoms with van der Waals surface area (Å²) in [7, 11) is 0. The fourth-order valence-corrected chi connectivity index (χ4v) is 8.46. The first kappa shape index (κ1) is 57.4. The number of esters is 1. The van der Waals surface area contributed by atoms with Crippen molar-refractivity contribution in [2.75, 3.05) is 6.54 Å². The van der Waals surface area contributed by atoms with Crippen molar-refractivity contribution < 1.29 is 24.2 Å². The van der Waals surface area contributed by atoms with Gasteiger partial charge in [0.25, 0.3) is 0 Å². The van der Waals surface area contributed by atoms with Gasteiger partial charge in [0, 0.05) is 12.8 Å². The molecule has 1 amide bonds. The van der Waals surface area contributed by atoms with Crippen LogP contribution in [0.4, 0.5) is 0 Å². The van der Waals surface area contributed by atoms with Crippen molar-refractivity contribution in [2.45, 2.75) is 309 Å². The van der Waals surface area contributed by atoms with E-state index in [1.807, 2.05) is 0 Å². The Kier molecular flexibility index (Phi) is 46.1. The molecule has 59 heavy (non-hydrogen) atoms. The van der Waals surface area contributed by atoms with Crippen LogP contribution in [0.5, 0.6) is 0 Å². The molecule has 0 saturated carbocycles. The Morgan fingerprint density at radius 2 is 0.729 bits per heavy atom. The molecule has 0 heterocycles. The number of unbranched alkanes of at least 4 members (excludes halogenated alkanes) is 35. The average molecular weight is 835 g/mol. The summed E-state index contributed by atoms with van der Waals surface area (Å²) in [6.45, 7) is 4.98. The standard InChI is InChI=1S/C52H102N2O5/c1-3-5-7-9-11-13-15-16-17-18-19-20-21-22-23-24-25-27-29-31-36-40-46-51(56)59-48(42-37-33-30-28-26-14-12-10-8-6-4-2)43-38-34-32-35-39-45-50(55)54-49(52(57)58)44-41-47-53/h48-49H,3-47,53H2,1-2H3,(H,54,55)(H,57,58). The normalized spacial score (nSPS) is 12.5. The van der Waals surface area contributed by atoms with E-state index in [9.17, 15) is 19.5 Å². The maximum Gasteiger partial charge on any atom is 0.326 e. The Morgan fingerprint density at radius 3 is 1.05 bits per heavy atom.